The molecule has 2 N–H and O–H groups in total. The molecule has 1 aliphatic carbocycles. The number of fused-ring (bicyclic) bond motifs is 1. The maximum atomic E-state index is 13.6. The fourth-order valence-corrected chi connectivity index (χ4v) is 5.41. The zero-order chi connectivity index (χ0) is 23.1. The number of halogens is 1. The molecular formula is C24H30ClN5O3. The van der Waals surface area contributed by atoms with Crippen molar-refractivity contribution in [1.29, 1.82) is 0 Å². The minimum absolute atomic E-state index is 0.107. The fourth-order valence-electron chi connectivity index (χ4n) is 5.28. The van der Waals surface area contributed by atoms with E-state index in [1.807, 2.05) is 29.2 Å². The molecule has 0 spiro atoms. The molecule has 176 valence electrons. The number of anilines is 1. The van der Waals surface area contributed by atoms with Crippen LogP contribution in [0.4, 0.5) is 5.82 Å². The highest BCUT2D eigenvalue weighted by Crippen LogP contribution is 2.42. The Bertz CT molecular complexity index is 1010. The van der Waals surface area contributed by atoms with Crippen molar-refractivity contribution >= 4 is 23.3 Å². The van der Waals surface area contributed by atoms with Gasteiger partial charge in [0.2, 0.25) is 5.91 Å². The van der Waals surface area contributed by atoms with E-state index in [0.717, 1.165) is 22.6 Å². The summed E-state index contributed by atoms with van der Waals surface area (Å²) in [5.41, 5.74) is 2.73. The molecule has 33 heavy (non-hydrogen) atoms. The molecule has 5 rings (SSSR count). The van der Waals surface area contributed by atoms with Gasteiger partial charge in [-0.2, -0.15) is 0 Å². The molecular weight excluding hydrogens is 442 g/mol. The second-order valence-electron chi connectivity index (χ2n) is 9.44. The number of aliphatic hydroxyl groups is 2. The number of β-amino-alcohol motifs (C(OH)–C–C–N with tert-alkyl or cyclic N) is 1. The van der Waals surface area contributed by atoms with Gasteiger partial charge in [0, 0.05) is 56.4 Å². The van der Waals surface area contributed by atoms with E-state index in [-0.39, 0.29) is 23.8 Å². The van der Waals surface area contributed by atoms with Crippen LogP contribution in [-0.2, 0) is 4.79 Å². The molecule has 3 aliphatic rings. The van der Waals surface area contributed by atoms with E-state index in [1.165, 1.54) is 6.33 Å². The van der Waals surface area contributed by atoms with Crippen molar-refractivity contribution in [1.82, 2.24) is 19.8 Å². The van der Waals surface area contributed by atoms with Crippen molar-refractivity contribution in [3.05, 3.63) is 52.4 Å². The van der Waals surface area contributed by atoms with Gasteiger partial charge in [0.1, 0.15) is 12.1 Å². The molecule has 8 nitrogen and oxygen atoms in total. The Morgan fingerprint density at radius 3 is 2.48 bits per heavy atom. The Hall–Kier alpha value is -2.26. The Morgan fingerprint density at radius 1 is 1.12 bits per heavy atom. The highest BCUT2D eigenvalue weighted by atomic mass is 35.5. The van der Waals surface area contributed by atoms with E-state index >= 15 is 0 Å². The predicted molar refractivity (Wildman–Crippen MR) is 125 cm³/mol. The van der Waals surface area contributed by atoms with Crippen molar-refractivity contribution < 1.29 is 15.0 Å². The standard InChI is InChI=1S/C24H30ClN5O3/c1-15-10-20(32)22-21(15)23(27-14-26-22)29-6-8-30(9-7-29)24(33)19(13-28-11-18(31)12-28)16-2-4-17(25)5-3-16/h2-5,14-15,18-20,31-32H,6-13H2,1H3/t15-,19?,20-/m1/s1. The van der Waals surface area contributed by atoms with E-state index in [4.69, 9.17) is 11.6 Å². The first-order chi connectivity index (χ1) is 15.9. The molecule has 1 aromatic carbocycles. The molecule has 2 aromatic rings. The van der Waals surface area contributed by atoms with Gasteiger partial charge >= 0.3 is 0 Å². The van der Waals surface area contributed by atoms with Gasteiger partial charge in [0.25, 0.3) is 0 Å². The molecule has 0 saturated carbocycles. The van der Waals surface area contributed by atoms with Crippen LogP contribution >= 0.6 is 11.6 Å². The summed E-state index contributed by atoms with van der Waals surface area (Å²) in [5.74, 6) is 0.918. The minimum Gasteiger partial charge on any atom is -0.390 e. The highest BCUT2D eigenvalue weighted by Gasteiger charge is 2.36. The summed E-state index contributed by atoms with van der Waals surface area (Å²) in [6, 6.07) is 7.50. The van der Waals surface area contributed by atoms with E-state index in [0.29, 0.717) is 57.3 Å². The number of carbonyl (C=O) groups is 1. The van der Waals surface area contributed by atoms with Gasteiger partial charge in [-0.1, -0.05) is 30.7 Å². The molecule has 1 amide bonds. The van der Waals surface area contributed by atoms with Gasteiger partial charge in [-0.15, -0.1) is 0 Å². The predicted octanol–water partition coefficient (Wildman–Crippen LogP) is 1.78. The van der Waals surface area contributed by atoms with Crippen molar-refractivity contribution in [3.8, 4) is 0 Å². The lowest BCUT2D eigenvalue weighted by Gasteiger charge is -2.41. The largest absolute Gasteiger partial charge is 0.390 e. The van der Waals surface area contributed by atoms with Crippen molar-refractivity contribution in [2.24, 2.45) is 0 Å². The molecule has 2 saturated heterocycles. The number of aromatic nitrogens is 2. The summed E-state index contributed by atoms with van der Waals surface area (Å²) in [5, 5.41) is 20.6. The number of benzene rings is 1. The number of hydrogen-bond acceptors (Lipinski definition) is 7. The fraction of sp³-hybridized carbons (Fsp3) is 0.542. The first-order valence-electron chi connectivity index (χ1n) is 11.6. The van der Waals surface area contributed by atoms with Gasteiger partial charge in [-0.3, -0.25) is 9.69 Å². The molecule has 1 aromatic heterocycles. The Kier molecular flexibility index (Phi) is 6.26. The van der Waals surface area contributed by atoms with Gasteiger partial charge in [-0.25, -0.2) is 9.97 Å². The van der Waals surface area contributed by atoms with Gasteiger partial charge in [-0.05, 0) is 30.0 Å². The topological polar surface area (TPSA) is 93.0 Å². The third-order valence-corrected chi connectivity index (χ3v) is 7.37. The number of rotatable bonds is 5. The molecule has 3 atom stereocenters. The van der Waals surface area contributed by atoms with E-state index in [1.54, 1.807) is 0 Å². The smallest absolute Gasteiger partial charge is 0.231 e. The van der Waals surface area contributed by atoms with Crippen LogP contribution in [-0.4, -0.2) is 87.8 Å². The summed E-state index contributed by atoms with van der Waals surface area (Å²) in [6.45, 7) is 6.50. The summed E-state index contributed by atoms with van der Waals surface area (Å²) >= 11 is 6.07. The van der Waals surface area contributed by atoms with Crippen LogP contribution in [0.1, 0.15) is 48.1 Å². The highest BCUT2D eigenvalue weighted by molar-refractivity contribution is 6.30. The number of likely N-dealkylation sites (tertiary alicyclic amines) is 1. The van der Waals surface area contributed by atoms with Crippen LogP contribution in [0.5, 0.6) is 0 Å². The first-order valence-corrected chi connectivity index (χ1v) is 12.0. The Labute approximate surface area is 198 Å². The number of carbonyl (C=O) groups excluding carboxylic acids is 1. The summed E-state index contributed by atoms with van der Waals surface area (Å²) in [6.07, 6.45) is 1.38. The summed E-state index contributed by atoms with van der Waals surface area (Å²) < 4.78 is 0. The molecule has 9 heteroatoms. The van der Waals surface area contributed by atoms with Crippen LogP contribution in [0.25, 0.3) is 0 Å². The lowest BCUT2D eigenvalue weighted by Crippen LogP contribution is -2.55. The average molecular weight is 472 g/mol. The van der Waals surface area contributed by atoms with E-state index < -0.39 is 6.10 Å². The van der Waals surface area contributed by atoms with Crippen molar-refractivity contribution in [2.45, 2.75) is 37.4 Å². The molecule has 0 radical (unpaired) electrons. The number of aliphatic hydroxyl groups excluding tert-OH is 2. The van der Waals surface area contributed by atoms with Crippen LogP contribution in [0.2, 0.25) is 5.02 Å². The molecule has 2 aliphatic heterocycles. The molecule has 3 heterocycles. The van der Waals surface area contributed by atoms with Crippen LogP contribution in [0, 0.1) is 0 Å². The second kappa shape index (κ2) is 9.18. The number of nitrogens with zero attached hydrogens (tertiary/aromatic N) is 5. The lowest BCUT2D eigenvalue weighted by atomic mass is 9.95. The lowest BCUT2D eigenvalue weighted by molar-refractivity contribution is -0.134. The Balaban J connectivity index is 1.29. The quantitative estimate of drug-likeness (QED) is 0.686. The van der Waals surface area contributed by atoms with Crippen LogP contribution in [0.3, 0.4) is 0 Å². The monoisotopic (exact) mass is 471 g/mol. The normalized spacial score (nSPS) is 24.5. The first kappa shape index (κ1) is 22.5. The second-order valence-corrected chi connectivity index (χ2v) is 9.87. The van der Waals surface area contributed by atoms with Crippen molar-refractivity contribution in [3.63, 3.8) is 0 Å². The van der Waals surface area contributed by atoms with Gasteiger partial charge in [0.15, 0.2) is 0 Å². The zero-order valence-electron chi connectivity index (χ0n) is 18.8. The Morgan fingerprint density at radius 2 is 1.82 bits per heavy atom. The summed E-state index contributed by atoms with van der Waals surface area (Å²) in [7, 11) is 0. The zero-order valence-corrected chi connectivity index (χ0v) is 19.5. The molecule has 0 bridgehead atoms. The van der Waals surface area contributed by atoms with Crippen LogP contribution in [0.15, 0.2) is 30.6 Å². The third-order valence-electron chi connectivity index (χ3n) is 7.12. The molecule has 1 unspecified atom stereocenters. The van der Waals surface area contributed by atoms with Crippen molar-refractivity contribution in [2.75, 3.05) is 50.7 Å². The molecule has 2 fully saturated rings. The number of hydrogen-bond donors (Lipinski definition) is 2. The maximum Gasteiger partial charge on any atom is 0.231 e. The SMILES string of the molecule is C[C@@H]1C[C@@H](O)c2ncnc(N3CCN(C(=O)C(CN4CC(O)C4)c4ccc(Cl)cc4)CC3)c21. The number of piperazine rings is 1. The minimum atomic E-state index is -0.528. The van der Waals surface area contributed by atoms with Gasteiger partial charge in [0.05, 0.1) is 23.8 Å². The van der Waals surface area contributed by atoms with E-state index in [9.17, 15) is 15.0 Å². The average Bonchev–Trinajstić information content (AvgIpc) is 3.10. The maximum absolute atomic E-state index is 13.6. The number of amides is 1. The van der Waals surface area contributed by atoms with E-state index in [2.05, 4.69) is 26.7 Å². The van der Waals surface area contributed by atoms with Gasteiger partial charge < -0.3 is 20.0 Å². The third kappa shape index (κ3) is 4.45. The summed E-state index contributed by atoms with van der Waals surface area (Å²) in [4.78, 5) is 28.7. The van der Waals surface area contributed by atoms with Crippen LogP contribution < -0.4 is 4.90 Å².